The molecule has 4 nitrogen and oxygen atoms in total. The molecular weight excluding hydrogens is 272 g/mol. The molecule has 0 fully saturated rings. The summed E-state index contributed by atoms with van der Waals surface area (Å²) in [6.07, 6.45) is 7.40. The van der Waals surface area contributed by atoms with E-state index in [1.165, 1.54) is 5.56 Å². The van der Waals surface area contributed by atoms with Crippen LogP contribution in [0.25, 0.3) is 27.8 Å². The molecule has 4 aromatic rings. The smallest absolute Gasteiger partial charge is 0.163 e. The lowest BCUT2D eigenvalue weighted by molar-refractivity contribution is 0.897. The maximum absolute atomic E-state index is 4.52. The van der Waals surface area contributed by atoms with Gasteiger partial charge >= 0.3 is 0 Å². The highest BCUT2D eigenvalue weighted by Crippen LogP contribution is 2.29. The lowest BCUT2D eigenvalue weighted by Gasteiger charge is -2.07. The van der Waals surface area contributed by atoms with E-state index in [9.17, 15) is 0 Å². The molecule has 0 radical (unpaired) electrons. The van der Waals surface area contributed by atoms with Gasteiger partial charge in [-0.25, -0.2) is 9.67 Å². The molecule has 0 amide bonds. The molecule has 0 saturated heterocycles. The second-order valence-corrected chi connectivity index (χ2v) is 5.18. The van der Waals surface area contributed by atoms with Gasteiger partial charge in [-0.2, -0.15) is 5.10 Å². The number of rotatable bonds is 2. The minimum Gasteiger partial charge on any atom is -0.264 e. The van der Waals surface area contributed by atoms with Crippen LogP contribution in [0.5, 0.6) is 0 Å². The van der Waals surface area contributed by atoms with Crippen molar-refractivity contribution in [3.05, 3.63) is 72.8 Å². The van der Waals surface area contributed by atoms with E-state index in [1.807, 2.05) is 71.9 Å². The first-order valence-corrected chi connectivity index (χ1v) is 7.14. The second kappa shape index (κ2) is 5.07. The van der Waals surface area contributed by atoms with Gasteiger partial charge in [-0.1, -0.05) is 18.2 Å². The molecule has 0 unspecified atom stereocenters. The third kappa shape index (κ3) is 1.97. The zero-order valence-corrected chi connectivity index (χ0v) is 12.1. The van der Waals surface area contributed by atoms with Crippen molar-refractivity contribution in [3.8, 4) is 16.8 Å². The van der Waals surface area contributed by atoms with Crippen LogP contribution >= 0.6 is 0 Å². The normalized spacial score (nSPS) is 11.0. The van der Waals surface area contributed by atoms with Crippen molar-refractivity contribution in [2.24, 2.45) is 0 Å². The number of hydrogen-bond acceptors (Lipinski definition) is 3. The average molecular weight is 286 g/mol. The summed E-state index contributed by atoms with van der Waals surface area (Å²) in [4.78, 5) is 8.76. The van der Waals surface area contributed by atoms with Gasteiger partial charge in [0.1, 0.15) is 0 Å². The minimum atomic E-state index is 0.854. The maximum Gasteiger partial charge on any atom is 0.163 e. The predicted molar refractivity (Wildman–Crippen MR) is 86.8 cm³/mol. The highest BCUT2D eigenvalue weighted by Gasteiger charge is 2.12. The Bertz CT molecular complexity index is 942. The Morgan fingerprint density at radius 2 is 1.73 bits per heavy atom. The highest BCUT2D eigenvalue weighted by atomic mass is 15.3. The fourth-order valence-electron chi connectivity index (χ4n) is 2.67. The summed E-state index contributed by atoms with van der Waals surface area (Å²) in [5.74, 6) is 0. The number of aryl methyl sites for hydroxylation is 1. The van der Waals surface area contributed by atoms with E-state index in [1.54, 1.807) is 0 Å². The van der Waals surface area contributed by atoms with Gasteiger partial charge in [-0.15, -0.1) is 0 Å². The van der Waals surface area contributed by atoms with Crippen LogP contribution in [-0.4, -0.2) is 19.7 Å². The van der Waals surface area contributed by atoms with Crippen molar-refractivity contribution in [2.75, 3.05) is 0 Å². The van der Waals surface area contributed by atoms with E-state index in [0.29, 0.717) is 0 Å². The fourth-order valence-corrected chi connectivity index (χ4v) is 2.67. The Labute approximate surface area is 128 Å². The Balaban J connectivity index is 1.97. The van der Waals surface area contributed by atoms with E-state index in [4.69, 9.17) is 0 Å². The minimum absolute atomic E-state index is 0.854. The van der Waals surface area contributed by atoms with Crippen molar-refractivity contribution in [1.29, 1.82) is 0 Å². The molecule has 0 bridgehead atoms. The van der Waals surface area contributed by atoms with Crippen molar-refractivity contribution >= 4 is 11.0 Å². The monoisotopic (exact) mass is 286 g/mol. The van der Waals surface area contributed by atoms with Crippen LogP contribution in [0.3, 0.4) is 0 Å². The van der Waals surface area contributed by atoms with Gasteiger partial charge in [0, 0.05) is 29.5 Å². The topological polar surface area (TPSA) is 43.6 Å². The summed E-state index contributed by atoms with van der Waals surface area (Å²) >= 11 is 0. The maximum atomic E-state index is 4.52. The molecule has 0 N–H and O–H groups in total. The summed E-state index contributed by atoms with van der Waals surface area (Å²) < 4.78 is 1.87. The van der Waals surface area contributed by atoms with E-state index < -0.39 is 0 Å². The van der Waals surface area contributed by atoms with E-state index >= 15 is 0 Å². The van der Waals surface area contributed by atoms with Crippen molar-refractivity contribution in [3.63, 3.8) is 0 Å². The van der Waals surface area contributed by atoms with Crippen LogP contribution in [0.4, 0.5) is 0 Å². The van der Waals surface area contributed by atoms with Gasteiger partial charge in [0.25, 0.3) is 0 Å². The Kier molecular flexibility index (Phi) is 2.93. The second-order valence-electron chi connectivity index (χ2n) is 5.18. The number of pyridine rings is 2. The number of hydrogen-bond donors (Lipinski definition) is 0. The van der Waals surface area contributed by atoms with E-state index in [2.05, 4.69) is 22.0 Å². The fraction of sp³-hybridized carbons (Fsp3) is 0.0556. The summed E-state index contributed by atoms with van der Waals surface area (Å²) in [5, 5.41) is 5.55. The molecule has 3 aromatic heterocycles. The number of nitrogens with zero attached hydrogens (tertiary/aromatic N) is 4. The first kappa shape index (κ1) is 12.7. The van der Waals surface area contributed by atoms with Gasteiger partial charge in [-0.05, 0) is 42.3 Å². The number of benzene rings is 1. The molecule has 22 heavy (non-hydrogen) atoms. The molecule has 0 saturated carbocycles. The third-order valence-corrected chi connectivity index (χ3v) is 3.80. The number of para-hydroxylation sites is 1. The van der Waals surface area contributed by atoms with Crippen LogP contribution in [0.1, 0.15) is 5.56 Å². The zero-order valence-electron chi connectivity index (χ0n) is 12.1. The van der Waals surface area contributed by atoms with Crippen LogP contribution in [0.15, 0.2) is 67.3 Å². The largest absolute Gasteiger partial charge is 0.264 e. The summed E-state index contributed by atoms with van der Waals surface area (Å²) in [6.45, 7) is 2.09. The molecule has 0 spiro atoms. The van der Waals surface area contributed by atoms with E-state index in [-0.39, 0.29) is 0 Å². The number of fused-ring (bicyclic) bond motifs is 1. The van der Waals surface area contributed by atoms with Crippen molar-refractivity contribution in [2.45, 2.75) is 6.92 Å². The molecule has 4 heteroatoms. The summed E-state index contributed by atoms with van der Waals surface area (Å²) in [5.41, 5.74) is 5.27. The van der Waals surface area contributed by atoms with Gasteiger partial charge in [0.05, 0.1) is 11.9 Å². The zero-order chi connectivity index (χ0) is 14.9. The number of aromatic nitrogens is 4. The highest BCUT2D eigenvalue weighted by molar-refractivity contribution is 5.93. The van der Waals surface area contributed by atoms with Gasteiger partial charge in [0.15, 0.2) is 5.65 Å². The van der Waals surface area contributed by atoms with Gasteiger partial charge in [-0.3, -0.25) is 4.98 Å². The van der Waals surface area contributed by atoms with Crippen molar-refractivity contribution in [1.82, 2.24) is 19.7 Å². The summed E-state index contributed by atoms with van der Waals surface area (Å²) in [6, 6.07) is 14.1. The van der Waals surface area contributed by atoms with Gasteiger partial charge < -0.3 is 0 Å². The molecule has 0 aliphatic rings. The molecule has 1 aromatic carbocycles. The Hall–Kier alpha value is -3.01. The quantitative estimate of drug-likeness (QED) is 0.563. The predicted octanol–water partition coefficient (Wildman–Crippen LogP) is 3.79. The molecule has 3 heterocycles. The first-order valence-electron chi connectivity index (χ1n) is 7.14. The van der Waals surface area contributed by atoms with Crippen LogP contribution < -0.4 is 0 Å². The molecular formula is C18H14N4. The lowest BCUT2D eigenvalue weighted by atomic mass is 10.0. The SMILES string of the molecule is Cc1ccncc1-c1ccnc2c1cnn2-c1ccccc1. The lowest BCUT2D eigenvalue weighted by Crippen LogP contribution is -1.97. The standard InChI is InChI=1S/C18H14N4/c1-13-7-9-19-11-16(13)15-8-10-20-18-17(15)12-21-22(18)14-5-3-2-4-6-14/h2-12H,1H3. The average Bonchev–Trinajstić information content (AvgIpc) is 3.00. The van der Waals surface area contributed by atoms with E-state index in [0.717, 1.165) is 27.8 Å². The van der Waals surface area contributed by atoms with Crippen LogP contribution in [0, 0.1) is 6.92 Å². The summed E-state index contributed by atoms with van der Waals surface area (Å²) in [7, 11) is 0. The first-order chi connectivity index (χ1) is 10.8. The third-order valence-electron chi connectivity index (χ3n) is 3.80. The van der Waals surface area contributed by atoms with Crippen molar-refractivity contribution < 1.29 is 0 Å². The Morgan fingerprint density at radius 3 is 2.55 bits per heavy atom. The molecule has 4 rings (SSSR count). The van der Waals surface area contributed by atoms with Crippen LogP contribution in [-0.2, 0) is 0 Å². The molecule has 0 aliphatic carbocycles. The Morgan fingerprint density at radius 1 is 0.864 bits per heavy atom. The molecule has 0 aliphatic heterocycles. The molecule has 106 valence electrons. The molecule has 0 atom stereocenters. The van der Waals surface area contributed by atoms with Crippen LogP contribution in [0.2, 0.25) is 0 Å². The van der Waals surface area contributed by atoms with Gasteiger partial charge in [0.2, 0.25) is 0 Å².